The Morgan fingerprint density at radius 1 is 0.821 bits per heavy atom. The summed E-state index contributed by atoms with van der Waals surface area (Å²) in [6, 6.07) is 1.46. The number of fused-ring (bicyclic) bond motifs is 5. The number of methoxy groups -OCH3 is 1. The Hall–Kier alpha value is -5.43. The van der Waals surface area contributed by atoms with Gasteiger partial charge in [0, 0.05) is 28.3 Å². The summed E-state index contributed by atoms with van der Waals surface area (Å²) in [6.07, 6.45) is -20.5. The molecular weight excluding hydrogens is 921 g/mol. The minimum absolute atomic E-state index is 0.0357. The van der Waals surface area contributed by atoms with Crippen molar-refractivity contribution in [2.75, 3.05) is 27.4 Å². The van der Waals surface area contributed by atoms with Crippen LogP contribution < -0.4 is 15.4 Å². The quantitative estimate of drug-likeness (QED) is 0.0619. The second-order valence-electron chi connectivity index (χ2n) is 16.1. The molecule has 2 aliphatic heterocycles. The van der Waals surface area contributed by atoms with Gasteiger partial charge < -0.3 is 85.4 Å². The molecule has 1 amide bonds. The molecule has 0 aromatic heterocycles. The van der Waals surface area contributed by atoms with Crippen LogP contribution in [0.1, 0.15) is 78.0 Å². The third kappa shape index (κ3) is 8.59. The fraction of sp³-hybridized carbons (Fsp3) is 0.463. The number of likely N-dealkylation sites (N-methyl/N-ethyl adjacent to an activating group) is 1. The molecule has 0 bridgehead atoms. The standard InChI is InChI=1S/C41H46N2O23S/c1-11-5-17-24(31(51)21(11)38(55)43-18(9-44)39(56)57)23-15(8-16-25(32(23)52)28(48)14-6-13(61-4)7-19(46)22(14)27(16)47)29(49)35(17)64-40-33(53)36(26(42-3)12(2)62-40)65-41-34(54)37(66-67(58,59)60)30(50)20(10-45)63-41/h5-8,12,18,20,26,29-30,33-37,40-42,44-46,49-54H,9-10H2,1-4H3,(H,43,55)(H,56,57)(H,58,59,60)/t12-,18-,20-,26+,29-,30-,33-,34-,35-,36+,37+,40+,41+/m1/s1. The average Bonchev–Trinajstić information content (AvgIpc) is 3.26. The molecule has 2 fully saturated rings. The van der Waals surface area contributed by atoms with E-state index in [1.807, 2.05) is 0 Å². The second kappa shape index (κ2) is 18.6. The summed E-state index contributed by atoms with van der Waals surface area (Å²) in [5, 5.41) is 115. The highest BCUT2D eigenvalue weighted by molar-refractivity contribution is 7.80. The molecule has 2 saturated heterocycles. The maximum absolute atomic E-state index is 14.1. The van der Waals surface area contributed by atoms with E-state index in [1.54, 1.807) is 0 Å². The third-order valence-electron chi connectivity index (χ3n) is 12.1. The van der Waals surface area contributed by atoms with Gasteiger partial charge in [0.15, 0.2) is 30.2 Å². The summed E-state index contributed by atoms with van der Waals surface area (Å²) in [4.78, 5) is 53.6. The largest absolute Gasteiger partial charge is 0.507 e. The Morgan fingerprint density at radius 3 is 2.03 bits per heavy atom. The first-order valence-corrected chi connectivity index (χ1v) is 21.6. The Labute approximate surface area is 378 Å². The number of nitrogens with one attached hydrogen (secondary N) is 2. The van der Waals surface area contributed by atoms with Gasteiger partial charge in [-0.25, -0.2) is 8.98 Å². The number of carboxylic acid groups (broad SMARTS) is 1. The molecule has 13 atom stereocenters. The lowest BCUT2D eigenvalue weighted by Gasteiger charge is -2.48. The van der Waals surface area contributed by atoms with Crippen LogP contribution in [-0.2, 0) is 38.3 Å². The van der Waals surface area contributed by atoms with E-state index in [9.17, 15) is 83.2 Å². The van der Waals surface area contributed by atoms with Crippen LogP contribution >= 0.6 is 0 Å². The van der Waals surface area contributed by atoms with Gasteiger partial charge in [-0.2, -0.15) is 8.42 Å². The first-order chi connectivity index (χ1) is 31.5. The van der Waals surface area contributed by atoms with Crippen molar-refractivity contribution < 1.29 is 111 Å². The smallest absolute Gasteiger partial charge is 0.397 e. The summed E-state index contributed by atoms with van der Waals surface area (Å²) >= 11 is 0. The van der Waals surface area contributed by atoms with Gasteiger partial charge in [0.1, 0.15) is 71.8 Å². The molecule has 0 spiro atoms. The second-order valence-corrected chi connectivity index (χ2v) is 17.1. The Morgan fingerprint density at radius 2 is 1.43 bits per heavy atom. The Balaban J connectivity index is 1.35. The molecular formula is C41H46N2O23S. The zero-order valence-corrected chi connectivity index (χ0v) is 36.3. The monoisotopic (exact) mass is 966 g/mol. The summed E-state index contributed by atoms with van der Waals surface area (Å²) < 4.78 is 65.9. The lowest BCUT2D eigenvalue weighted by atomic mass is 9.74. The van der Waals surface area contributed by atoms with Crippen molar-refractivity contribution in [1.29, 1.82) is 0 Å². The Kier molecular flexibility index (Phi) is 13.7. The summed E-state index contributed by atoms with van der Waals surface area (Å²) in [7, 11) is -2.68. The number of aromatic hydroxyl groups is 3. The minimum Gasteiger partial charge on any atom is -0.507 e. The van der Waals surface area contributed by atoms with Crippen LogP contribution in [0.4, 0.5) is 0 Å². The van der Waals surface area contributed by atoms with Crippen molar-refractivity contribution in [3.05, 3.63) is 68.8 Å². The van der Waals surface area contributed by atoms with Crippen molar-refractivity contribution in [2.24, 2.45) is 0 Å². The molecule has 0 saturated carbocycles. The predicted octanol–water partition coefficient (Wildman–Crippen LogP) is -2.45. The number of ketones is 2. The molecule has 0 unspecified atom stereocenters. The highest BCUT2D eigenvalue weighted by Gasteiger charge is 2.53. The topological polar surface area (TPSA) is 404 Å². The molecule has 3 aromatic carbocycles. The van der Waals surface area contributed by atoms with Crippen molar-refractivity contribution in [3.8, 4) is 34.1 Å². The van der Waals surface area contributed by atoms with Crippen LogP contribution in [0, 0.1) is 6.92 Å². The zero-order valence-electron chi connectivity index (χ0n) is 35.5. The summed E-state index contributed by atoms with van der Waals surface area (Å²) in [5.74, 6) is -7.58. The van der Waals surface area contributed by atoms with Crippen LogP contribution in [-0.4, -0.2) is 182 Å². The SMILES string of the molecule is CN[C@@H]1[C@H](O[C@@H]2O[C@H](CO)[C@@H](O)[C@H](OS(=O)(=O)O)[C@H]2O)[C@@H](O)[C@H](O[C@@H]2c3cc(C)c(C(=O)N[C@H](CO)C(=O)O)c(O)c3-c3c(cc4c(c3O)C(=O)c3cc(OC)cc(O)c3C4=O)[C@H]2O)O[C@@H]1C. The number of phenols is 3. The fourth-order valence-electron chi connectivity index (χ4n) is 8.90. The molecule has 364 valence electrons. The van der Waals surface area contributed by atoms with Gasteiger partial charge in [-0.3, -0.25) is 18.9 Å². The zero-order chi connectivity index (χ0) is 49.3. The van der Waals surface area contributed by atoms with Crippen LogP contribution in [0.3, 0.4) is 0 Å². The highest BCUT2D eigenvalue weighted by atomic mass is 32.3. The van der Waals surface area contributed by atoms with Crippen LogP contribution in [0.2, 0.25) is 0 Å². The van der Waals surface area contributed by atoms with Gasteiger partial charge in [0.2, 0.25) is 0 Å². The average molecular weight is 967 g/mol. The van der Waals surface area contributed by atoms with Crippen LogP contribution in [0.25, 0.3) is 11.1 Å². The maximum atomic E-state index is 14.1. The first kappa shape index (κ1) is 49.5. The summed E-state index contributed by atoms with van der Waals surface area (Å²) in [5.41, 5.74) is -4.46. The van der Waals surface area contributed by atoms with Crippen LogP contribution in [0.15, 0.2) is 24.3 Å². The molecule has 3 aromatic rings. The molecule has 25 nitrogen and oxygen atoms in total. The normalized spacial score (nSPS) is 29.5. The number of aliphatic hydroxyl groups is 6. The number of amides is 1. The number of aliphatic hydroxyl groups excluding tert-OH is 6. The van der Waals surface area contributed by atoms with Gasteiger partial charge >= 0.3 is 16.4 Å². The van der Waals surface area contributed by atoms with Crippen molar-refractivity contribution in [2.45, 2.75) is 93.4 Å². The van der Waals surface area contributed by atoms with E-state index in [4.69, 9.17) is 23.7 Å². The van der Waals surface area contributed by atoms with Crippen LogP contribution in [0.5, 0.6) is 23.0 Å². The fourth-order valence-corrected chi connectivity index (χ4v) is 9.41. The number of benzene rings is 3. The number of ether oxygens (including phenoxy) is 5. The number of aliphatic carboxylic acids is 1. The number of hydrogen-bond donors (Lipinski definition) is 13. The lowest BCUT2D eigenvalue weighted by Crippen LogP contribution is -2.66. The number of hydrogen-bond acceptors (Lipinski definition) is 22. The van der Waals surface area contributed by atoms with E-state index < -0.39 is 183 Å². The van der Waals surface area contributed by atoms with Crippen molar-refractivity contribution in [3.63, 3.8) is 0 Å². The van der Waals surface area contributed by atoms with E-state index in [-0.39, 0.29) is 22.4 Å². The number of rotatable bonds is 13. The molecule has 4 aliphatic rings. The number of phenolic OH excluding ortho intramolecular Hbond substituents is 3. The van der Waals surface area contributed by atoms with Gasteiger partial charge in [-0.05, 0) is 49.7 Å². The number of carboxylic acids is 1. The molecule has 7 rings (SSSR count). The molecule has 2 aliphatic carbocycles. The number of carbonyl (C=O) groups is 4. The van der Waals surface area contributed by atoms with E-state index in [0.717, 1.165) is 18.2 Å². The number of aryl methyl sites for hydroxylation is 1. The molecule has 2 heterocycles. The molecule has 67 heavy (non-hydrogen) atoms. The number of carbonyl (C=O) groups excluding carboxylic acids is 3. The third-order valence-corrected chi connectivity index (χ3v) is 12.6. The molecule has 13 N–H and O–H groups in total. The van der Waals surface area contributed by atoms with E-state index in [1.165, 1.54) is 34.1 Å². The van der Waals surface area contributed by atoms with Crippen molar-refractivity contribution >= 4 is 33.8 Å². The molecule has 26 heteroatoms. The van der Waals surface area contributed by atoms with E-state index in [0.29, 0.717) is 0 Å². The van der Waals surface area contributed by atoms with E-state index in [2.05, 4.69) is 14.8 Å². The minimum atomic E-state index is -5.32. The predicted molar refractivity (Wildman–Crippen MR) is 218 cm³/mol. The van der Waals surface area contributed by atoms with Crippen molar-refractivity contribution in [1.82, 2.24) is 10.6 Å². The van der Waals surface area contributed by atoms with Gasteiger partial charge in [-0.1, -0.05) is 6.07 Å². The first-order valence-electron chi connectivity index (χ1n) is 20.2. The lowest BCUT2D eigenvalue weighted by molar-refractivity contribution is -0.349. The van der Waals surface area contributed by atoms with Gasteiger partial charge in [0.05, 0.1) is 49.2 Å². The van der Waals surface area contributed by atoms with Gasteiger partial charge in [0.25, 0.3) is 5.91 Å². The molecule has 0 radical (unpaired) electrons. The maximum Gasteiger partial charge on any atom is 0.397 e. The Bertz CT molecular complexity index is 2620. The summed E-state index contributed by atoms with van der Waals surface area (Å²) in [6.45, 7) is 0.703. The highest BCUT2D eigenvalue weighted by Crippen LogP contribution is 2.57. The van der Waals surface area contributed by atoms with Gasteiger partial charge in [-0.15, -0.1) is 0 Å². The van der Waals surface area contributed by atoms with E-state index >= 15 is 0 Å².